The fourth-order valence-electron chi connectivity index (χ4n) is 1.43. The van der Waals surface area contributed by atoms with Crippen molar-refractivity contribution in [2.24, 2.45) is 0 Å². The maximum Gasteiger partial charge on any atom is 0.276 e. The van der Waals surface area contributed by atoms with Gasteiger partial charge in [0.1, 0.15) is 16.8 Å². The van der Waals surface area contributed by atoms with Crippen LogP contribution in [-0.4, -0.2) is 9.91 Å². The summed E-state index contributed by atoms with van der Waals surface area (Å²) < 4.78 is 13.1. The van der Waals surface area contributed by atoms with Gasteiger partial charge in [0.15, 0.2) is 0 Å². The molecule has 5 nitrogen and oxygen atoms in total. The van der Waals surface area contributed by atoms with Crippen molar-refractivity contribution < 1.29 is 9.31 Å². The lowest BCUT2D eigenvalue weighted by Crippen LogP contribution is -1.97. The number of aromatic nitrogens is 1. The third-order valence-corrected chi connectivity index (χ3v) is 2.54. The molecule has 2 rings (SSSR count). The summed E-state index contributed by atoms with van der Waals surface area (Å²) in [6.45, 7) is 0. The van der Waals surface area contributed by atoms with Gasteiger partial charge in [0.25, 0.3) is 5.69 Å². The first-order valence-corrected chi connectivity index (χ1v) is 5.75. The number of nitrogens with one attached hydrogen (secondary N) is 1. The van der Waals surface area contributed by atoms with Gasteiger partial charge in [-0.1, -0.05) is 23.2 Å². The zero-order chi connectivity index (χ0) is 14.0. The van der Waals surface area contributed by atoms with Crippen molar-refractivity contribution >= 4 is 40.4 Å². The zero-order valence-corrected chi connectivity index (χ0v) is 10.7. The van der Waals surface area contributed by atoms with Gasteiger partial charge in [0, 0.05) is 10.7 Å². The molecule has 1 aromatic carbocycles. The van der Waals surface area contributed by atoms with Crippen molar-refractivity contribution in [3.05, 3.63) is 56.4 Å². The van der Waals surface area contributed by atoms with E-state index in [1.165, 1.54) is 18.2 Å². The average Bonchev–Trinajstić information content (AvgIpc) is 2.26. The summed E-state index contributed by atoms with van der Waals surface area (Å²) in [5.74, 6) is -0.410. The average molecular weight is 302 g/mol. The van der Waals surface area contributed by atoms with Crippen molar-refractivity contribution in [1.29, 1.82) is 0 Å². The maximum atomic E-state index is 13.1. The molecule has 0 saturated heterocycles. The van der Waals surface area contributed by atoms with Crippen LogP contribution in [0.3, 0.4) is 0 Å². The van der Waals surface area contributed by atoms with E-state index in [1.54, 1.807) is 0 Å². The third kappa shape index (κ3) is 3.52. The molecule has 0 aliphatic carbocycles. The van der Waals surface area contributed by atoms with Crippen molar-refractivity contribution in [1.82, 2.24) is 4.98 Å². The fourth-order valence-corrected chi connectivity index (χ4v) is 1.85. The molecule has 19 heavy (non-hydrogen) atoms. The number of pyridine rings is 1. The quantitative estimate of drug-likeness (QED) is 0.524. The summed E-state index contributed by atoms with van der Waals surface area (Å²) in [7, 11) is 0. The molecule has 0 radical (unpaired) electrons. The highest BCUT2D eigenvalue weighted by Gasteiger charge is 2.10. The van der Waals surface area contributed by atoms with E-state index in [4.69, 9.17) is 23.2 Å². The highest BCUT2D eigenvalue weighted by Crippen LogP contribution is 2.25. The molecular formula is C11H6Cl2FN3O2. The normalized spacial score (nSPS) is 10.3. The zero-order valence-electron chi connectivity index (χ0n) is 9.23. The van der Waals surface area contributed by atoms with Crippen LogP contribution < -0.4 is 5.32 Å². The van der Waals surface area contributed by atoms with Crippen molar-refractivity contribution in [3.63, 3.8) is 0 Å². The minimum atomic E-state index is -0.600. The van der Waals surface area contributed by atoms with Crippen LogP contribution >= 0.6 is 23.2 Å². The highest BCUT2D eigenvalue weighted by molar-refractivity contribution is 6.31. The molecule has 0 fully saturated rings. The van der Waals surface area contributed by atoms with Gasteiger partial charge in [-0.25, -0.2) is 9.37 Å². The number of rotatable bonds is 3. The fraction of sp³-hybridized carbons (Fsp3) is 0. The molecule has 0 spiro atoms. The van der Waals surface area contributed by atoms with E-state index in [0.717, 1.165) is 12.1 Å². The predicted molar refractivity (Wildman–Crippen MR) is 70.6 cm³/mol. The number of halogens is 3. The van der Waals surface area contributed by atoms with E-state index in [-0.39, 0.29) is 21.7 Å². The van der Waals surface area contributed by atoms with E-state index < -0.39 is 10.7 Å². The number of hydrogen-bond acceptors (Lipinski definition) is 4. The largest absolute Gasteiger partial charge is 0.340 e. The van der Waals surface area contributed by atoms with Crippen molar-refractivity contribution in [2.75, 3.05) is 5.32 Å². The van der Waals surface area contributed by atoms with Gasteiger partial charge in [-0.2, -0.15) is 0 Å². The van der Waals surface area contributed by atoms with Crippen molar-refractivity contribution in [3.8, 4) is 0 Å². The van der Waals surface area contributed by atoms with Crippen LogP contribution in [0.4, 0.5) is 21.6 Å². The Morgan fingerprint density at radius 1 is 1.21 bits per heavy atom. The van der Waals surface area contributed by atoms with Crippen LogP contribution in [0.15, 0.2) is 30.3 Å². The number of benzene rings is 1. The SMILES string of the molecule is O=[N+]([O-])c1cc(Cl)nc(Nc2cc(F)cc(Cl)c2)c1. The van der Waals surface area contributed by atoms with Crippen LogP contribution in [0, 0.1) is 15.9 Å². The van der Waals surface area contributed by atoms with Gasteiger partial charge in [-0.05, 0) is 18.2 Å². The van der Waals surface area contributed by atoms with E-state index in [9.17, 15) is 14.5 Å². The first-order valence-electron chi connectivity index (χ1n) is 4.99. The summed E-state index contributed by atoms with van der Waals surface area (Å²) in [5.41, 5.74) is 0.0964. The van der Waals surface area contributed by atoms with Gasteiger partial charge in [-0.15, -0.1) is 0 Å². The molecule has 0 unspecified atom stereocenters. The molecule has 1 heterocycles. The molecule has 98 valence electrons. The monoisotopic (exact) mass is 301 g/mol. The van der Waals surface area contributed by atoms with Gasteiger partial charge in [0.2, 0.25) is 0 Å². The summed E-state index contributed by atoms with van der Waals surface area (Å²) in [6.07, 6.45) is 0. The van der Waals surface area contributed by atoms with E-state index >= 15 is 0 Å². The first kappa shape index (κ1) is 13.5. The Balaban J connectivity index is 2.35. The van der Waals surface area contributed by atoms with Gasteiger partial charge in [0.05, 0.1) is 17.1 Å². The topological polar surface area (TPSA) is 68.1 Å². The van der Waals surface area contributed by atoms with Gasteiger partial charge < -0.3 is 5.32 Å². The summed E-state index contributed by atoms with van der Waals surface area (Å²) in [4.78, 5) is 13.9. The number of nitrogens with zero attached hydrogens (tertiary/aromatic N) is 2. The van der Waals surface area contributed by atoms with Crippen LogP contribution in [0.1, 0.15) is 0 Å². The molecule has 1 aromatic heterocycles. The molecule has 0 bridgehead atoms. The Morgan fingerprint density at radius 3 is 2.58 bits per heavy atom. The molecule has 0 amide bonds. The van der Waals surface area contributed by atoms with E-state index in [0.29, 0.717) is 5.69 Å². The smallest absolute Gasteiger partial charge is 0.276 e. The number of anilines is 2. The van der Waals surface area contributed by atoms with Crippen LogP contribution in [0.2, 0.25) is 10.2 Å². The standard InChI is InChI=1S/C11H6Cl2FN3O2/c12-6-1-7(14)3-8(2-6)15-11-5-9(17(18)19)4-10(13)16-11/h1-5H,(H,15,16). The Bertz CT molecular complexity index is 632. The lowest BCUT2D eigenvalue weighted by atomic mass is 10.3. The maximum absolute atomic E-state index is 13.1. The van der Waals surface area contributed by atoms with Crippen LogP contribution in [0.25, 0.3) is 0 Å². The van der Waals surface area contributed by atoms with Gasteiger partial charge >= 0.3 is 0 Å². The Morgan fingerprint density at radius 2 is 1.95 bits per heavy atom. The third-order valence-electron chi connectivity index (χ3n) is 2.12. The molecular weight excluding hydrogens is 296 g/mol. The van der Waals surface area contributed by atoms with Crippen molar-refractivity contribution in [2.45, 2.75) is 0 Å². The minimum absolute atomic E-state index is 0.0424. The molecule has 2 aromatic rings. The Kier molecular flexibility index (Phi) is 3.82. The molecule has 0 aliphatic heterocycles. The molecule has 0 atom stereocenters. The molecule has 0 aliphatic rings. The summed E-state index contributed by atoms with van der Waals surface area (Å²) in [5, 5.41) is 13.5. The first-order chi connectivity index (χ1) is 8.94. The highest BCUT2D eigenvalue weighted by atomic mass is 35.5. The Hall–Kier alpha value is -1.92. The number of nitro groups is 1. The second kappa shape index (κ2) is 5.38. The van der Waals surface area contributed by atoms with Gasteiger partial charge in [-0.3, -0.25) is 10.1 Å². The summed E-state index contributed by atoms with van der Waals surface area (Å²) in [6, 6.07) is 6.08. The lowest BCUT2D eigenvalue weighted by Gasteiger charge is -2.06. The molecule has 1 N–H and O–H groups in total. The minimum Gasteiger partial charge on any atom is -0.340 e. The van der Waals surface area contributed by atoms with Crippen LogP contribution in [0.5, 0.6) is 0 Å². The Labute approximate surface area is 117 Å². The van der Waals surface area contributed by atoms with E-state index in [2.05, 4.69) is 10.3 Å². The van der Waals surface area contributed by atoms with Crippen LogP contribution in [-0.2, 0) is 0 Å². The second-order valence-electron chi connectivity index (χ2n) is 3.57. The second-order valence-corrected chi connectivity index (χ2v) is 4.40. The van der Waals surface area contributed by atoms with E-state index in [1.807, 2.05) is 0 Å². The molecule has 8 heteroatoms. The predicted octanol–water partition coefficient (Wildman–Crippen LogP) is 4.18. The molecule has 0 saturated carbocycles. The number of hydrogen-bond donors (Lipinski definition) is 1. The lowest BCUT2D eigenvalue weighted by molar-refractivity contribution is -0.384. The summed E-state index contributed by atoms with van der Waals surface area (Å²) >= 11 is 11.4.